The number of nitrogens with zero attached hydrogens (tertiary/aromatic N) is 6. The number of aromatic nitrogens is 2. The molecule has 0 spiro atoms. The van der Waals surface area contributed by atoms with E-state index in [-0.39, 0.29) is 62.3 Å². The zero-order valence-corrected chi connectivity index (χ0v) is 54.6. The minimum absolute atomic E-state index is 0.00396. The Labute approximate surface area is 546 Å². The van der Waals surface area contributed by atoms with Crippen molar-refractivity contribution in [2.45, 2.75) is 185 Å². The predicted molar refractivity (Wildman–Crippen MR) is 357 cm³/mol. The summed E-state index contributed by atoms with van der Waals surface area (Å²) in [5.74, 6) is -3.14. The minimum Gasteiger partial charge on any atom is -0.468 e. The van der Waals surface area contributed by atoms with E-state index in [9.17, 15) is 43.2 Å². The van der Waals surface area contributed by atoms with Gasteiger partial charge in [-0.1, -0.05) is 149 Å². The SMILES string of the molecule is COC(=O)Cn1cc(N(CCCCCCCCCCCCCCNC(=O)N2CC[C@H]3CC[C@@H](C(=O)N[C@@H](CCC(N)=O)C(=O)NC(c4ccccc4)c4ccccc4)N3C(=O)[C@@H](NC(=O)OC(C)(C)C)C2)C(=O)[C@H]2CCCN(c3cncc4ccccc34)C2)ccc1=O. The van der Waals surface area contributed by atoms with Crippen LogP contribution >= 0.6 is 0 Å². The van der Waals surface area contributed by atoms with Gasteiger partial charge < -0.3 is 60.6 Å². The molecule has 3 saturated heterocycles. The number of rotatable bonds is 30. The number of esters is 1. The first-order valence-corrected chi connectivity index (χ1v) is 33.4. The van der Waals surface area contributed by atoms with Crippen LogP contribution in [0.3, 0.4) is 0 Å². The van der Waals surface area contributed by atoms with Crippen LogP contribution in [0.2, 0.25) is 0 Å². The molecule has 8 rings (SSSR count). The first-order chi connectivity index (χ1) is 44.9. The van der Waals surface area contributed by atoms with E-state index in [1.807, 2.05) is 91.3 Å². The molecule has 500 valence electrons. The van der Waals surface area contributed by atoms with Crippen LogP contribution in [0.25, 0.3) is 10.8 Å². The van der Waals surface area contributed by atoms with Crippen molar-refractivity contribution in [3.05, 3.63) is 137 Å². The number of urea groups is 1. The molecule has 0 unspecified atom stereocenters. The van der Waals surface area contributed by atoms with Gasteiger partial charge in [0.25, 0.3) is 5.56 Å². The number of carbonyl (C=O) groups is 8. The predicted octanol–water partition coefficient (Wildman–Crippen LogP) is 8.82. The van der Waals surface area contributed by atoms with Crippen LogP contribution in [0.4, 0.5) is 21.0 Å². The highest BCUT2D eigenvalue weighted by atomic mass is 16.6. The van der Waals surface area contributed by atoms with Gasteiger partial charge in [-0.05, 0) is 89.3 Å². The fourth-order valence-electron chi connectivity index (χ4n) is 12.9. The summed E-state index contributed by atoms with van der Waals surface area (Å²) in [5, 5.41) is 13.8. The number of alkyl carbamates (subject to hydrolysis) is 1. The molecule has 0 aliphatic carbocycles. The number of nitrogens with one attached hydrogen (secondary N) is 4. The molecular weight excluding hydrogens is 1180 g/mol. The Kier molecular flexibility index (Phi) is 26.2. The van der Waals surface area contributed by atoms with Crippen molar-refractivity contribution in [1.82, 2.24) is 40.6 Å². The van der Waals surface area contributed by atoms with Crippen LogP contribution in [0.1, 0.15) is 160 Å². The minimum atomic E-state index is -1.26. The summed E-state index contributed by atoms with van der Waals surface area (Å²) in [4.78, 5) is 134. The van der Waals surface area contributed by atoms with Gasteiger partial charge in [-0.25, -0.2) is 9.59 Å². The van der Waals surface area contributed by atoms with Gasteiger partial charge in [-0.3, -0.25) is 38.5 Å². The number of hydrogen-bond donors (Lipinski definition) is 5. The Morgan fingerprint density at radius 3 is 2.02 bits per heavy atom. The van der Waals surface area contributed by atoms with Crippen molar-refractivity contribution in [3.8, 4) is 0 Å². The Morgan fingerprint density at radius 1 is 0.720 bits per heavy atom. The first-order valence-electron chi connectivity index (χ1n) is 33.4. The van der Waals surface area contributed by atoms with Crippen LogP contribution in [-0.2, 0) is 44.8 Å². The van der Waals surface area contributed by atoms with Gasteiger partial charge in [0.15, 0.2) is 0 Å². The summed E-state index contributed by atoms with van der Waals surface area (Å²) >= 11 is 0. The van der Waals surface area contributed by atoms with E-state index < -0.39 is 71.5 Å². The molecule has 93 heavy (non-hydrogen) atoms. The number of pyridine rings is 2. The van der Waals surface area contributed by atoms with Gasteiger partial charge in [-0.15, -0.1) is 0 Å². The number of carbonyl (C=O) groups excluding carboxylic acids is 8. The molecule has 3 aromatic carbocycles. The standard InChI is InChI=1S/C71H95N11O11/c1-71(2,3)93-70(91)76-58-48-79(43-39-54-33-36-59(82(54)68(58)89)66(87)75-57(35-37-61(72)83)65(86)77-64(50-26-17-15-18-27-50)51-28-19-16-20-29-51)69(90)74-40-23-13-11-9-7-5-6-8-10-12-14-24-42-81(55-34-38-62(84)80(47-55)49-63(85)92-4)67(88)53-31-25-41-78(46-53)60-45-73-44-52-30-21-22-32-56(52)60/h15-22,26-30,32,34,38,44-45,47,53-54,57-59,64H,5-14,23-25,31,33,35-37,39-43,46,48-49H2,1-4H3,(H2,72,83)(H,74,90)(H,75,87)(H,76,91)(H,77,86)/t53-,54+,57-,58-,59-/m0/s1. The van der Waals surface area contributed by atoms with Gasteiger partial charge in [0.2, 0.25) is 29.5 Å². The third-order valence-corrected chi connectivity index (χ3v) is 17.8. The van der Waals surface area contributed by atoms with Gasteiger partial charge in [-0.2, -0.15) is 0 Å². The third kappa shape index (κ3) is 20.6. The van der Waals surface area contributed by atoms with Crippen molar-refractivity contribution in [2.24, 2.45) is 11.7 Å². The summed E-state index contributed by atoms with van der Waals surface area (Å²) in [5.41, 5.74) is 7.52. The molecule has 0 saturated carbocycles. The van der Waals surface area contributed by atoms with Crippen LogP contribution in [0, 0.1) is 5.92 Å². The van der Waals surface area contributed by atoms with E-state index in [1.165, 1.54) is 27.5 Å². The topological polar surface area (TPSA) is 277 Å². The molecule has 6 N–H and O–H groups in total. The number of primary amides is 1. The second-order valence-electron chi connectivity index (χ2n) is 25.8. The quantitative estimate of drug-likeness (QED) is 0.0213. The zero-order chi connectivity index (χ0) is 66.3. The van der Waals surface area contributed by atoms with E-state index in [4.69, 9.17) is 15.2 Å². The first kappa shape index (κ1) is 70.1. The number of benzene rings is 3. The molecule has 22 heteroatoms. The molecule has 0 radical (unpaired) electrons. The van der Waals surface area contributed by atoms with Crippen molar-refractivity contribution in [3.63, 3.8) is 0 Å². The molecule has 3 aliphatic heterocycles. The maximum atomic E-state index is 14.7. The molecule has 0 bridgehead atoms. The lowest BCUT2D eigenvalue weighted by atomic mass is 9.95. The number of ether oxygens (including phenoxy) is 2. The maximum absolute atomic E-state index is 14.7. The highest BCUT2D eigenvalue weighted by Crippen LogP contribution is 2.33. The van der Waals surface area contributed by atoms with E-state index in [2.05, 4.69) is 37.2 Å². The molecule has 5 aromatic rings. The average molecular weight is 1280 g/mol. The van der Waals surface area contributed by atoms with Gasteiger partial charge >= 0.3 is 18.1 Å². The summed E-state index contributed by atoms with van der Waals surface area (Å²) in [6, 6.07) is 25.1. The van der Waals surface area contributed by atoms with Crippen LogP contribution in [0.15, 0.2) is 120 Å². The molecule has 8 amide bonds. The number of methoxy groups -OCH3 is 1. The molecule has 5 atom stereocenters. The number of nitrogens with two attached hydrogens (primary N) is 1. The Morgan fingerprint density at radius 2 is 1.37 bits per heavy atom. The molecular formula is C71H95N11O11. The molecule has 5 heterocycles. The second-order valence-corrected chi connectivity index (χ2v) is 25.8. The smallest absolute Gasteiger partial charge is 0.408 e. The van der Waals surface area contributed by atoms with Crippen LogP contribution < -0.4 is 42.4 Å². The van der Waals surface area contributed by atoms with Crippen molar-refractivity contribution < 1.29 is 47.8 Å². The van der Waals surface area contributed by atoms with Gasteiger partial charge in [0, 0.05) is 74.4 Å². The Balaban J connectivity index is 0.761. The van der Waals surface area contributed by atoms with E-state index in [0.717, 1.165) is 124 Å². The maximum Gasteiger partial charge on any atom is 0.408 e. The average Bonchev–Trinajstić information content (AvgIpc) is 1.82. The largest absolute Gasteiger partial charge is 0.468 e. The lowest BCUT2D eigenvalue weighted by molar-refractivity contribution is -0.144. The number of piperidine rings is 1. The monoisotopic (exact) mass is 1280 g/mol. The van der Waals surface area contributed by atoms with Crippen molar-refractivity contribution in [1.29, 1.82) is 0 Å². The lowest BCUT2D eigenvalue weighted by Crippen LogP contribution is -2.62. The highest BCUT2D eigenvalue weighted by Gasteiger charge is 2.46. The Bertz CT molecular complexity index is 3330. The lowest BCUT2D eigenvalue weighted by Gasteiger charge is -2.39. The Hall–Kier alpha value is -8.82. The van der Waals surface area contributed by atoms with Crippen LogP contribution in [0.5, 0.6) is 0 Å². The summed E-state index contributed by atoms with van der Waals surface area (Å²) < 4.78 is 11.7. The van der Waals surface area contributed by atoms with E-state index >= 15 is 0 Å². The summed E-state index contributed by atoms with van der Waals surface area (Å²) in [6.45, 7) is 7.23. The number of amides is 8. The zero-order valence-electron chi connectivity index (χ0n) is 54.6. The second kappa shape index (κ2) is 34.7. The van der Waals surface area contributed by atoms with E-state index in [1.54, 1.807) is 37.9 Å². The van der Waals surface area contributed by atoms with Gasteiger partial charge in [0.05, 0.1) is 43.2 Å². The van der Waals surface area contributed by atoms with Crippen LogP contribution in [-0.4, -0.2) is 143 Å². The van der Waals surface area contributed by atoms with Gasteiger partial charge in [0.1, 0.15) is 30.3 Å². The van der Waals surface area contributed by atoms with E-state index in [0.29, 0.717) is 38.2 Å². The van der Waals surface area contributed by atoms with Crippen molar-refractivity contribution >= 4 is 69.8 Å². The number of anilines is 2. The van der Waals surface area contributed by atoms with Crippen molar-refractivity contribution in [2.75, 3.05) is 56.2 Å². The molecule has 3 fully saturated rings. The number of hydrogen-bond acceptors (Lipinski definition) is 13. The molecule has 3 aliphatic rings. The number of fused-ring (bicyclic) bond motifs is 2. The fourth-order valence-corrected chi connectivity index (χ4v) is 12.9. The normalized spacial score (nSPS) is 17.8. The third-order valence-electron chi connectivity index (χ3n) is 17.8. The summed E-state index contributed by atoms with van der Waals surface area (Å²) in [7, 11) is 1.28. The highest BCUT2D eigenvalue weighted by molar-refractivity contribution is 5.98. The number of unbranched alkanes of at least 4 members (excludes halogenated alkanes) is 11. The summed E-state index contributed by atoms with van der Waals surface area (Å²) in [6.07, 6.45) is 19.0. The fraction of sp³-hybridized carbons (Fsp3) is 0.521. The molecule has 2 aromatic heterocycles. The molecule has 22 nitrogen and oxygen atoms in total.